The second-order valence-corrected chi connectivity index (χ2v) is 6.51. The standard InChI is InChI=1S/C21H22N3O3.HI/c1-4-22-17-11-10-15(27-3)12-18(17)23(5-2)19(22)21(26)24-13-14-8-6-7-9-16(14)20(24)25;/h6-7,9-13H,4-5,8H2,1-3H3;1H/q+1;/p-1. The zero-order chi connectivity index (χ0) is 19.1. The predicted octanol–water partition coefficient (Wildman–Crippen LogP) is -0.266. The number of rotatable bonds is 4. The van der Waals surface area contributed by atoms with E-state index in [1.807, 2.05) is 53.3 Å². The first-order valence-electron chi connectivity index (χ1n) is 9.16. The van der Waals surface area contributed by atoms with E-state index in [1.54, 1.807) is 19.4 Å². The molecule has 28 heavy (non-hydrogen) atoms. The molecular weight excluding hydrogens is 469 g/mol. The summed E-state index contributed by atoms with van der Waals surface area (Å²) < 4.78 is 9.26. The molecule has 0 spiro atoms. The second kappa shape index (κ2) is 7.90. The predicted molar refractivity (Wildman–Crippen MR) is 101 cm³/mol. The number of ether oxygens (including phenoxy) is 1. The molecule has 0 radical (unpaired) electrons. The average molecular weight is 491 g/mol. The molecule has 6 nitrogen and oxygen atoms in total. The minimum atomic E-state index is -0.304. The average Bonchev–Trinajstić information content (AvgIpc) is 3.21. The van der Waals surface area contributed by atoms with Crippen LogP contribution in [0.1, 0.15) is 30.9 Å². The van der Waals surface area contributed by atoms with Gasteiger partial charge in [-0.3, -0.25) is 9.59 Å². The number of imidazole rings is 1. The van der Waals surface area contributed by atoms with Crippen molar-refractivity contribution in [3.05, 3.63) is 59.6 Å². The quantitative estimate of drug-likeness (QED) is 0.337. The van der Waals surface area contributed by atoms with Gasteiger partial charge in [-0.15, -0.1) is 0 Å². The first kappa shape index (κ1) is 20.3. The molecule has 1 aliphatic carbocycles. The van der Waals surface area contributed by atoms with Gasteiger partial charge < -0.3 is 28.7 Å². The van der Waals surface area contributed by atoms with E-state index in [2.05, 4.69) is 0 Å². The van der Waals surface area contributed by atoms with E-state index < -0.39 is 0 Å². The lowest BCUT2D eigenvalue weighted by Gasteiger charge is -2.11. The van der Waals surface area contributed by atoms with Crippen LogP contribution in [0.3, 0.4) is 0 Å². The van der Waals surface area contributed by atoms with Crippen molar-refractivity contribution in [1.82, 2.24) is 9.47 Å². The summed E-state index contributed by atoms with van der Waals surface area (Å²) in [5.74, 6) is 0.674. The van der Waals surface area contributed by atoms with Gasteiger partial charge in [-0.05, 0) is 44.1 Å². The number of amides is 2. The van der Waals surface area contributed by atoms with Gasteiger partial charge in [0.15, 0.2) is 11.0 Å². The van der Waals surface area contributed by atoms with Crippen LogP contribution in [-0.4, -0.2) is 28.4 Å². The zero-order valence-electron chi connectivity index (χ0n) is 16.1. The van der Waals surface area contributed by atoms with Crippen LogP contribution in [0.4, 0.5) is 0 Å². The summed E-state index contributed by atoms with van der Waals surface area (Å²) in [4.78, 5) is 27.5. The Morgan fingerprint density at radius 1 is 1.29 bits per heavy atom. The van der Waals surface area contributed by atoms with Crippen molar-refractivity contribution in [2.24, 2.45) is 0 Å². The molecule has 0 saturated carbocycles. The molecule has 0 fully saturated rings. The van der Waals surface area contributed by atoms with Crippen molar-refractivity contribution in [3.8, 4) is 5.75 Å². The number of fused-ring (bicyclic) bond motifs is 2. The fraction of sp³-hybridized carbons (Fsp3) is 0.286. The molecule has 146 valence electrons. The maximum Gasteiger partial charge on any atom is 0.349 e. The highest BCUT2D eigenvalue weighted by molar-refractivity contribution is 6.14. The van der Waals surface area contributed by atoms with Crippen molar-refractivity contribution < 1.29 is 42.9 Å². The highest BCUT2D eigenvalue weighted by Crippen LogP contribution is 2.30. The third kappa shape index (κ3) is 2.97. The van der Waals surface area contributed by atoms with Gasteiger partial charge in [0.25, 0.3) is 5.91 Å². The smallest absolute Gasteiger partial charge is 0.349 e. The third-order valence-electron chi connectivity index (χ3n) is 5.13. The van der Waals surface area contributed by atoms with Crippen LogP contribution in [-0.2, 0) is 17.9 Å². The first-order valence-corrected chi connectivity index (χ1v) is 9.16. The maximum absolute atomic E-state index is 13.4. The number of nitrogens with zero attached hydrogens (tertiary/aromatic N) is 3. The van der Waals surface area contributed by atoms with Crippen LogP contribution in [0.5, 0.6) is 5.75 Å². The maximum atomic E-state index is 13.4. The molecule has 0 unspecified atom stereocenters. The van der Waals surface area contributed by atoms with Crippen LogP contribution in [0.2, 0.25) is 0 Å². The fourth-order valence-electron chi connectivity index (χ4n) is 3.83. The Morgan fingerprint density at radius 3 is 2.71 bits per heavy atom. The van der Waals surface area contributed by atoms with Gasteiger partial charge in [-0.25, -0.2) is 14.0 Å². The molecule has 1 aromatic carbocycles. The second-order valence-electron chi connectivity index (χ2n) is 6.51. The number of aromatic nitrogens is 2. The summed E-state index contributed by atoms with van der Waals surface area (Å²) in [7, 11) is 1.62. The molecule has 2 aromatic rings. The van der Waals surface area contributed by atoms with Crippen LogP contribution >= 0.6 is 0 Å². The van der Waals surface area contributed by atoms with E-state index in [9.17, 15) is 9.59 Å². The molecular formula is C21H22IN3O3. The SMILES string of the molecule is CCn1c(C(=O)N2C=C3CC=CC=C3C2=O)[n+](CC)c2ccc(OC)cc21.[I-]. The van der Waals surface area contributed by atoms with Gasteiger partial charge in [0, 0.05) is 17.8 Å². The number of methoxy groups -OCH3 is 1. The highest BCUT2D eigenvalue weighted by atomic mass is 127. The monoisotopic (exact) mass is 491 g/mol. The fourth-order valence-corrected chi connectivity index (χ4v) is 3.83. The van der Waals surface area contributed by atoms with E-state index in [4.69, 9.17) is 4.74 Å². The number of hydrogen-bond acceptors (Lipinski definition) is 3. The van der Waals surface area contributed by atoms with E-state index in [0.29, 0.717) is 30.9 Å². The Kier molecular flexibility index (Phi) is 5.74. The Balaban J connectivity index is 0.00000225. The number of carbonyl (C=O) groups excluding carboxylic acids is 2. The molecule has 4 rings (SSSR count). The summed E-state index contributed by atoms with van der Waals surface area (Å²) in [6.45, 7) is 5.23. The van der Waals surface area contributed by atoms with Gasteiger partial charge in [0.1, 0.15) is 5.75 Å². The molecule has 2 aliphatic rings. The van der Waals surface area contributed by atoms with Gasteiger partial charge in [-0.1, -0.05) is 12.2 Å². The van der Waals surface area contributed by atoms with Crippen molar-refractivity contribution in [1.29, 1.82) is 0 Å². The van der Waals surface area contributed by atoms with Gasteiger partial charge >= 0.3 is 11.7 Å². The topological polar surface area (TPSA) is 55.4 Å². The summed E-state index contributed by atoms with van der Waals surface area (Å²) >= 11 is 0. The number of aryl methyl sites for hydroxylation is 2. The largest absolute Gasteiger partial charge is 1.00 e. The van der Waals surface area contributed by atoms with Crippen molar-refractivity contribution in [2.75, 3.05) is 7.11 Å². The summed E-state index contributed by atoms with van der Waals surface area (Å²) in [5, 5.41) is 0. The van der Waals surface area contributed by atoms with Gasteiger partial charge in [0.2, 0.25) is 0 Å². The molecule has 0 bridgehead atoms. The normalized spacial score (nSPS) is 15.2. The molecule has 7 heteroatoms. The van der Waals surface area contributed by atoms with Crippen molar-refractivity contribution in [3.63, 3.8) is 0 Å². The number of hydrogen-bond donors (Lipinski definition) is 0. The Hall–Kier alpha value is -2.42. The molecule has 2 heterocycles. The molecule has 0 saturated heterocycles. The Bertz CT molecular complexity index is 1060. The van der Waals surface area contributed by atoms with Crippen molar-refractivity contribution >= 4 is 22.8 Å². The van der Waals surface area contributed by atoms with Crippen molar-refractivity contribution in [2.45, 2.75) is 33.4 Å². The van der Waals surface area contributed by atoms with Gasteiger partial charge in [0.05, 0.1) is 20.2 Å². The third-order valence-corrected chi connectivity index (χ3v) is 5.13. The molecule has 2 amide bonds. The Morgan fingerprint density at radius 2 is 2.07 bits per heavy atom. The lowest BCUT2D eigenvalue weighted by atomic mass is 10.0. The van der Waals surface area contributed by atoms with E-state index >= 15 is 0 Å². The van der Waals surface area contributed by atoms with E-state index in [0.717, 1.165) is 22.4 Å². The summed E-state index contributed by atoms with van der Waals surface area (Å²) in [6.07, 6.45) is 7.97. The minimum Gasteiger partial charge on any atom is -1.00 e. The number of imide groups is 1. The van der Waals surface area contributed by atoms with E-state index in [1.165, 1.54) is 4.90 Å². The summed E-state index contributed by atoms with van der Waals surface area (Å²) in [6, 6.07) is 5.77. The van der Waals surface area contributed by atoms with Crippen LogP contribution in [0.15, 0.2) is 53.8 Å². The van der Waals surface area contributed by atoms with Crippen LogP contribution in [0.25, 0.3) is 11.0 Å². The summed E-state index contributed by atoms with van der Waals surface area (Å²) in [5.41, 5.74) is 3.36. The molecule has 0 atom stereocenters. The zero-order valence-corrected chi connectivity index (χ0v) is 18.3. The molecule has 1 aliphatic heterocycles. The highest BCUT2D eigenvalue weighted by Gasteiger charge is 2.39. The molecule has 1 aromatic heterocycles. The Labute approximate surface area is 180 Å². The lowest BCUT2D eigenvalue weighted by Crippen LogP contribution is -3.00. The van der Waals surface area contributed by atoms with Crippen LogP contribution in [0, 0.1) is 0 Å². The lowest BCUT2D eigenvalue weighted by molar-refractivity contribution is -0.670. The first-order chi connectivity index (χ1) is 13.1. The molecule has 0 N–H and O–H groups in total. The number of halogens is 1. The van der Waals surface area contributed by atoms with Gasteiger partial charge in [-0.2, -0.15) is 0 Å². The number of benzene rings is 1. The minimum absolute atomic E-state index is 0. The van der Waals surface area contributed by atoms with E-state index in [-0.39, 0.29) is 35.8 Å². The number of allylic oxidation sites excluding steroid dienone is 3. The number of carbonyl (C=O) groups is 2. The van der Waals surface area contributed by atoms with Crippen LogP contribution < -0.4 is 33.3 Å².